The number of esters is 1. The largest absolute Gasteiger partial charge is 0.465 e. The Labute approximate surface area is 111 Å². The zero-order valence-corrected chi connectivity index (χ0v) is 11.8. The van der Waals surface area contributed by atoms with Crippen LogP contribution in [0.2, 0.25) is 0 Å². The molecule has 1 saturated carbocycles. The average molecular weight is 251 g/mol. The third kappa shape index (κ3) is 3.05. The third-order valence-electron chi connectivity index (χ3n) is 3.92. The number of terminal acetylenes is 1. The van der Waals surface area contributed by atoms with E-state index in [2.05, 4.69) is 25.1 Å². The highest BCUT2D eigenvalue weighted by Crippen LogP contribution is 2.39. The first-order valence-electron chi connectivity index (χ1n) is 6.94. The molecule has 1 fully saturated rings. The van der Waals surface area contributed by atoms with Gasteiger partial charge in [0.25, 0.3) is 0 Å². The van der Waals surface area contributed by atoms with Gasteiger partial charge in [-0.25, -0.2) is 0 Å². The van der Waals surface area contributed by atoms with Gasteiger partial charge in [0.2, 0.25) is 0 Å². The van der Waals surface area contributed by atoms with E-state index < -0.39 is 5.54 Å². The summed E-state index contributed by atoms with van der Waals surface area (Å²) in [5, 5.41) is 3.29. The van der Waals surface area contributed by atoms with Crippen molar-refractivity contribution < 1.29 is 9.53 Å². The van der Waals surface area contributed by atoms with Crippen molar-refractivity contribution in [1.82, 2.24) is 5.32 Å². The Balaban J connectivity index is 2.98. The molecule has 1 rings (SSSR count). The van der Waals surface area contributed by atoms with Gasteiger partial charge in [-0.05, 0) is 31.6 Å². The molecule has 0 amide bonds. The van der Waals surface area contributed by atoms with E-state index in [0.29, 0.717) is 25.0 Å². The predicted molar refractivity (Wildman–Crippen MR) is 73.0 cm³/mol. The van der Waals surface area contributed by atoms with E-state index in [-0.39, 0.29) is 5.97 Å². The van der Waals surface area contributed by atoms with Gasteiger partial charge in [0.1, 0.15) is 5.54 Å². The van der Waals surface area contributed by atoms with Crippen LogP contribution < -0.4 is 5.32 Å². The summed E-state index contributed by atoms with van der Waals surface area (Å²) in [6.07, 6.45) is 9.47. The first-order chi connectivity index (χ1) is 8.58. The summed E-state index contributed by atoms with van der Waals surface area (Å²) in [6, 6.07) is 0. The van der Waals surface area contributed by atoms with Crippen LogP contribution in [0.15, 0.2) is 0 Å². The van der Waals surface area contributed by atoms with Crippen molar-refractivity contribution in [2.24, 2.45) is 11.8 Å². The molecule has 2 unspecified atom stereocenters. The number of carbonyl (C=O) groups excluding carboxylic acids is 1. The molecule has 0 aromatic rings. The minimum atomic E-state index is -0.575. The molecule has 0 radical (unpaired) electrons. The zero-order valence-electron chi connectivity index (χ0n) is 11.8. The van der Waals surface area contributed by atoms with E-state index >= 15 is 0 Å². The highest BCUT2D eigenvalue weighted by molar-refractivity contribution is 5.81. The fourth-order valence-corrected chi connectivity index (χ4v) is 3.12. The second-order valence-corrected chi connectivity index (χ2v) is 5.35. The van der Waals surface area contributed by atoms with Crippen LogP contribution in [0.3, 0.4) is 0 Å². The molecule has 0 saturated heterocycles. The molecule has 0 heterocycles. The molecular weight excluding hydrogens is 226 g/mol. The molecule has 1 N–H and O–H groups in total. The molecule has 0 aromatic carbocycles. The molecule has 3 nitrogen and oxygen atoms in total. The molecule has 3 heteroatoms. The van der Waals surface area contributed by atoms with Crippen LogP contribution in [-0.2, 0) is 9.53 Å². The maximum absolute atomic E-state index is 12.4. The number of ether oxygens (including phenoxy) is 1. The SMILES string of the molecule is C#CCNC1(C(=O)OCC)CCCCC1C(C)C. The summed E-state index contributed by atoms with van der Waals surface area (Å²) in [7, 11) is 0. The lowest BCUT2D eigenvalue weighted by Crippen LogP contribution is -2.60. The maximum Gasteiger partial charge on any atom is 0.326 e. The van der Waals surface area contributed by atoms with Crippen LogP contribution in [0.1, 0.15) is 46.5 Å². The van der Waals surface area contributed by atoms with Gasteiger partial charge in [-0.15, -0.1) is 6.42 Å². The number of hydrogen-bond donors (Lipinski definition) is 1. The fraction of sp³-hybridized carbons (Fsp3) is 0.800. The van der Waals surface area contributed by atoms with Crippen molar-refractivity contribution in [2.45, 2.75) is 52.0 Å². The predicted octanol–water partition coefficient (Wildman–Crippen LogP) is 2.36. The minimum Gasteiger partial charge on any atom is -0.465 e. The Morgan fingerprint density at radius 3 is 2.83 bits per heavy atom. The van der Waals surface area contributed by atoms with Gasteiger partial charge in [-0.3, -0.25) is 10.1 Å². The van der Waals surface area contributed by atoms with Gasteiger partial charge in [0.15, 0.2) is 0 Å². The Morgan fingerprint density at radius 1 is 1.56 bits per heavy atom. The van der Waals surface area contributed by atoms with Crippen molar-refractivity contribution in [2.75, 3.05) is 13.2 Å². The van der Waals surface area contributed by atoms with Crippen molar-refractivity contribution >= 4 is 5.97 Å². The Morgan fingerprint density at radius 2 is 2.28 bits per heavy atom. The summed E-state index contributed by atoms with van der Waals surface area (Å²) >= 11 is 0. The lowest BCUT2D eigenvalue weighted by Gasteiger charge is -2.44. The van der Waals surface area contributed by atoms with Crippen molar-refractivity contribution in [1.29, 1.82) is 0 Å². The molecule has 0 aromatic heterocycles. The highest BCUT2D eigenvalue weighted by atomic mass is 16.5. The number of carbonyl (C=O) groups is 1. The molecule has 18 heavy (non-hydrogen) atoms. The molecule has 102 valence electrons. The quantitative estimate of drug-likeness (QED) is 0.602. The Kier molecular flexibility index (Phi) is 5.68. The van der Waals surface area contributed by atoms with Gasteiger partial charge in [-0.1, -0.05) is 32.6 Å². The maximum atomic E-state index is 12.4. The van der Waals surface area contributed by atoms with E-state index in [4.69, 9.17) is 11.2 Å². The number of nitrogens with one attached hydrogen (secondary N) is 1. The lowest BCUT2D eigenvalue weighted by atomic mass is 9.67. The topological polar surface area (TPSA) is 38.3 Å². The van der Waals surface area contributed by atoms with Gasteiger partial charge in [-0.2, -0.15) is 0 Å². The first-order valence-corrected chi connectivity index (χ1v) is 6.94. The summed E-state index contributed by atoms with van der Waals surface area (Å²) in [5.41, 5.74) is -0.575. The van der Waals surface area contributed by atoms with Gasteiger partial charge in [0, 0.05) is 0 Å². The second kappa shape index (κ2) is 6.80. The van der Waals surface area contributed by atoms with Crippen molar-refractivity contribution in [3.05, 3.63) is 0 Å². The molecule has 1 aliphatic rings. The van der Waals surface area contributed by atoms with Crippen LogP contribution >= 0.6 is 0 Å². The van der Waals surface area contributed by atoms with Crippen LogP contribution in [0, 0.1) is 24.2 Å². The highest BCUT2D eigenvalue weighted by Gasteiger charge is 2.48. The van der Waals surface area contributed by atoms with E-state index in [1.165, 1.54) is 6.42 Å². The summed E-state index contributed by atoms with van der Waals surface area (Å²) < 4.78 is 5.29. The van der Waals surface area contributed by atoms with E-state index in [1.807, 2.05) is 6.92 Å². The van der Waals surface area contributed by atoms with Crippen LogP contribution in [0.25, 0.3) is 0 Å². The van der Waals surface area contributed by atoms with Gasteiger partial charge in [0.05, 0.1) is 13.2 Å². The normalized spacial score (nSPS) is 27.8. The summed E-state index contributed by atoms with van der Waals surface area (Å²) in [4.78, 5) is 12.4. The Hall–Kier alpha value is -1.01. The zero-order chi connectivity index (χ0) is 13.6. The standard InChI is InChI=1S/C15H25NO2/c1-5-11-16-15(14(17)18-6-2)10-8-7-9-13(15)12(3)4/h1,12-13,16H,6-11H2,2-4H3. The van der Waals surface area contributed by atoms with Crippen LogP contribution in [0.5, 0.6) is 0 Å². The molecule has 2 atom stereocenters. The summed E-state index contributed by atoms with van der Waals surface area (Å²) in [6.45, 7) is 7.02. The van der Waals surface area contributed by atoms with Crippen LogP contribution in [-0.4, -0.2) is 24.7 Å². The van der Waals surface area contributed by atoms with Gasteiger partial charge < -0.3 is 4.74 Å². The molecule has 0 bridgehead atoms. The lowest BCUT2D eigenvalue weighted by molar-refractivity contribution is -0.156. The van der Waals surface area contributed by atoms with Gasteiger partial charge >= 0.3 is 5.97 Å². The molecule has 0 spiro atoms. The van der Waals surface area contributed by atoms with Crippen LogP contribution in [0.4, 0.5) is 0 Å². The summed E-state index contributed by atoms with van der Waals surface area (Å²) in [5.74, 6) is 3.20. The molecule has 1 aliphatic carbocycles. The average Bonchev–Trinajstić information content (AvgIpc) is 2.36. The second-order valence-electron chi connectivity index (χ2n) is 5.35. The minimum absolute atomic E-state index is 0.126. The van der Waals surface area contributed by atoms with Crippen molar-refractivity contribution in [3.63, 3.8) is 0 Å². The molecular formula is C15H25NO2. The smallest absolute Gasteiger partial charge is 0.326 e. The van der Waals surface area contributed by atoms with E-state index in [9.17, 15) is 4.79 Å². The van der Waals surface area contributed by atoms with E-state index in [0.717, 1.165) is 19.3 Å². The third-order valence-corrected chi connectivity index (χ3v) is 3.92. The Bertz CT molecular complexity index is 319. The molecule has 0 aliphatic heterocycles. The first kappa shape index (κ1) is 15.0. The van der Waals surface area contributed by atoms with Crippen molar-refractivity contribution in [3.8, 4) is 12.3 Å². The number of hydrogen-bond acceptors (Lipinski definition) is 3. The monoisotopic (exact) mass is 251 g/mol. The van der Waals surface area contributed by atoms with E-state index in [1.54, 1.807) is 0 Å². The fourth-order valence-electron chi connectivity index (χ4n) is 3.12. The number of rotatable bonds is 5.